The van der Waals surface area contributed by atoms with Gasteiger partial charge >= 0.3 is 0 Å². The lowest BCUT2D eigenvalue weighted by atomic mass is 9.93. The van der Waals surface area contributed by atoms with Crippen LogP contribution in [0.3, 0.4) is 0 Å². The molecule has 1 aliphatic heterocycles. The first-order valence-electron chi connectivity index (χ1n) is 9.51. The SMILES string of the molecule is C=C(/C=C\C(F)=C/C)c1[nH]c(C2CCN(C)CC2)cc1-c1ccncc1C. The molecule has 3 rings (SSSR count). The van der Waals surface area contributed by atoms with E-state index in [2.05, 4.69) is 41.5 Å². The van der Waals surface area contributed by atoms with Gasteiger partial charge in [0.15, 0.2) is 0 Å². The topological polar surface area (TPSA) is 31.9 Å². The molecule has 0 aromatic carbocycles. The van der Waals surface area contributed by atoms with Crippen molar-refractivity contribution in [3.8, 4) is 11.1 Å². The van der Waals surface area contributed by atoms with Crippen LogP contribution in [0.5, 0.6) is 0 Å². The highest BCUT2D eigenvalue weighted by atomic mass is 19.1. The average Bonchev–Trinajstić information content (AvgIpc) is 3.12. The van der Waals surface area contributed by atoms with Gasteiger partial charge in [0, 0.05) is 29.6 Å². The molecule has 2 aromatic heterocycles. The fourth-order valence-corrected chi connectivity index (χ4v) is 3.62. The van der Waals surface area contributed by atoms with Crippen LogP contribution < -0.4 is 0 Å². The standard InChI is InChI=1S/C23H28FN3/c1-5-19(24)7-6-16(2)23-21(20-8-11-25-15-17(20)3)14-22(26-23)18-9-12-27(4)13-10-18/h5-8,11,14-15,18,26H,2,9-10,12-13H2,1,3-4H3/b7-6-,19-5+. The van der Waals surface area contributed by atoms with E-state index < -0.39 is 0 Å². The highest BCUT2D eigenvalue weighted by Gasteiger charge is 2.22. The van der Waals surface area contributed by atoms with Gasteiger partial charge in [-0.05, 0) is 81.7 Å². The summed E-state index contributed by atoms with van der Waals surface area (Å²) in [6.45, 7) is 10.1. The Balaban J connectivity index is 2.00. The number of halogens is 1. The van der Waals surface area contributed by atoms with Gasteiger partial charge < -0.3 is 9.88 Å². The summed E-state index contributed by atoms with van der Waals surface area (Å²) in [5.74, 6) is 0.250. The molecular formula is C23H28FN3. The predicted molar refractivity (Wildman–Crippen MR) is 111 cm³/mol. The van der Waals surface area contributed by atoms with Crippen LogP contribution in [0.2, 0.25) is 0 Å². The van der Waals surface area contributed by atoms with Gasteiger partial charge in [-0.2, -0.15) is 0 Å². The number of aromatic nitrogens is 2. The molecule has 0 bridgehead atoms. The Morgan fingerprint density at radius 3 is 2.70 bits per heavy atom. The molecule has 0 saturated carbocycles. The fraction of sp³-hybridized carbons (Fsp3) is 0.348. The number of hydrogen-bond acceptors (Lipinski definition) is 2. The number of pyridine rings is 1. The quantitative estimate of drug-likeness (QED) is 0.696. The van der Waals surface area contributed by atoms with Crippen molar-refractivity contribution in [1.82, 2.24) is 14.9 Å². The molecule has 27 heavy (non-hydrogen) atoms. The molecule has 2 aromatic rings. The molecule has 3 nitrogen and oxygen atoms in total. The number of hydrogen-bond donors (Lipinski definition) is 1. The van der Waals surface area contributed by atoms with Gasteiger partial charge in [0.25, 0.3) is 0 Å². The number of aryl methyl sites for hydroxylation is 1. The van der Waals surface area contributed by atoms with E-state index in [-0.39, 0.29) is 5.83 Å². The van der Waals surface area contributed by atoms with Crippen LogP contribution in [0.25, 0.3) is 16.7 Å². The minimum Gasteiger partial charge on any atom is -0.358 e. The highest BCUT2D eigenvalue weighted by Crippen LogP contribution is 2.36. The van der Waals surface area contributed by atoms with Crippen LogP contribution in [-0.4, -0.2) is 35.0 Å². The van der Waals surface area contributed by atoms with Crippen molar-refractivity contribution in [3.63, 3.8) is 0 Å². The number of likely N-dealkylation sites (tertiary alicyclic amines) is 1. The fourth-order valence-electron chi connectivity index (χ4n) is 3.62. The van der Waals surface area contributed by atoms with E-state index in [1.54, 1.807) is 13.0 Å². The van der Waals surface area contributed by atoms with Crippen LogP contribution in [-0.2, 0) is 0 Å². The molecule has 1 N–H and O–H groups in total. The zero-order valence-electron chi connectivity index (χ0n) is 16.4. The maximum absolute atomic E-state index is 13.5. The molecule has 0 atom stereocenters. The summed E-state index contributed by atoms with van der Waals surface area (Å²) in [6, 6.07) is 4.28. The molecule has 1 aliphatic rings. The third kappa shape index (κ3) is 4.45. The zero-order valence-corrected chi connectivity index (χ0v) is 16.4. The third-order valence-electron chi connectivity index (χ3n) is 5.35. The minimum atomic E-state index is -0.264. The number of allylic oxidation sites excluding steroid dienone is 5. The second kappa shape index (κ2) is 8.49. The third-order valence-corrected chi connectivity index (χ3v) is 5.35. The van der Waals surface area contributed by atoms with Crippen LogP contribution in [0.4, 0.5) is 4.39 Å². The van der Waals surface area contributed by atoms with E-state index in [0.29, 0.717) is 5.92 Å². The van der Waals surface area contributed by atoms with Crippen molar-refractivity contribution in [2.24, 2.45) is 0 Å². The van der Waals surface area contributed by atoms with Crippen molar-refractivity contribution in [1.29, 1.82) is 0 Å². The van der Waals surface area contributed by atoms with Crippen LogP contribution in [0.15, 0.2) is 55.2 Å². The molecule has 1 saturated heterocycles. The molecule has 3 heterocycles. The first kappa shape index (κ1) is 19.3. The van der Waals surface area contributed by atoms with Gasteiger partial charge in [-0.25, -0.2) is 4.39 Å². The number of nitrogens with one attached hydrogen (secondary N) is 1. The van der Waals surface area contributed by atoms with Crippen molar-refractivity contribution >= 4 is 5.57 Å². The predicted octanol–water partition coefficient (Wildman–Crippen LogP) is 5.64. The number of nitrogens with zero attached hydrogens (tertiary/aromatic N) is 2. The molecule has 0 amide bonds. The lowest BCUT2D eigenvalue weighted by Crippen LogP contribution is -2.29. The molecule has 142 valence electrons. The number of rotatable bonds is 5. The molecule has 0 spiro atoms. The lowest BCUT2D eigenvalue weighted by Gasteiger charge is -2.28. The van der Waals surface area contributed by atoms with Crippen molar-refractivity contribution in [2.75, 3.05) is 20.1 Å². The second-order valence-electron chi connectivity index (χ2n) is 7.31. The van der Waals surface area contributed by atoms with Crippen LogP contribution in [0, 0.1) is 6.92 Å². The van der Waals surface area contributed by atoms with Gasteiger partial charge in [0.05, 0.1) is 5.69 Å². The first-order valence-corrected chi connectivity index (χ1v) is 9.51. The summed E-state index contributed by atoms with van der Waals surface area (Å²) in [5.41, 5.74) is 6.33. The van der Waals surface area contributed by atoms with E-state index >= 15 is 0 Å². The summed E-state index contributed by atoms with van der Waals surface area (Å²) in [7, 11) is 2.17. The Kier molecular flexibility index (Phi) is 6.07. The Hall–Kier alpha value is -2.46. The Morgan fingerprint density at radius 2 is 2.04 bits per heavy atom. The van der Waals surface area contributed by atoms with Gasteiger partial charge in [0.2, 0.25) is 0 Å². The van der Waals surface area contributed by atoms with E-state index in [9.17, 15) is 4.39 Å². The first-order chi connectivity index (χ1) is 13.0. The summed E-state index contributed by atoms with van der Waals surface area (Å²) in [5, 5.41) is 0. The largest absolute Gasteiger partial charge is 0.358 e. The summed E-state index contributed by atoms with van der Waals surface area (Å²) >= 11 is 0. The Bertz CT molecular complexity index is 867. The Morgan fingerprint density at radius 1 is 1.30 bits per heavy atom. The molecular weight excluding hydrogens is 337 g/mol. The maximum Gasteiger partial charge on any atom is 0.118 e. The summed E-state index contributed by atoms with van der Waals surface area (Å²) in [6.07, 6.45) is 10.6. The van der Waals surface area contributed by atoms with Crippen LogP contribution in [0.1, 0.15) is 42.6 Å². The van der Waals surface area contributed by atoms with Crippen molar-refractivity contribution < 1.29 is 4.39 Å². The normalized spacial score (nSPS) is 17.0. The number of aromatic amines is 1. The molecule has 0 radical (unpaired) electrons. The van der Waals surface area contributed by atoms with Gasteiger partial charge in [0.1, 0.15) is 5.83 Å². The summed E-state index contributed by atoms with van der Waals surface area (Å²) < 4.78 is 13.5. The number of piperidine rings is 1. The Labute approximate surface area is 161 Å². The average molecular weight is 365 g/mol. The van der Waals surface area contributed by atoms with Gasteiger partial charge in [-0.1, -0.05) is 18.7 Å². The summed E-state index contributed by atoms with van der Waals surface area (Å²) in [4.78, 5) is 10.2. The smallest absolute Gasteiger partial charge is 0.118 e. The van der Waals surface area contributed by atoms with Crippen LogP contribution >= 0.6 is 0 Å². The number of H-pyrrole nitrogens is 1. The van der Waals surface area contributed by atoms with E-state index in [4.69, 9.17) is 0 Å². The van der Waals surface area contributed by atoms with E-state index in [1.165, 1.54) is 17.8 Å². The van der Waals surface area contributed by atoms with Crippen molar-refractivity contribution in [2.45, 2.75) is 32.6 Å². The molecule has 0 unspecified atom stereocenters. The van der Waals surface area contributed by atoms with E-state index in [1.807, 2.05) is 18.5 Å². The zero-order chi connectivity index (χ0) is 19.4. The minimum absolute atomic E-state index is 0.264. The van der Waals surface area contributed by atoms with E-state index in [0.717, 1.165) is 53.9 Å². The molecule has 0 aliphatic carbocycles. The monoisotopic (exact) mass is 365 g/mol. The van der Waals surface area contributed by atoms with Gasteiger partial charge in [-0.3, -0.25) is 4.98 Å². The van der Waals surface area contributed by atoms with Gasteiger partial charge in [-0.15, -0.1) is 0 Å². The molecule has 4 heteroatoms. The second-order valence-corrected chi connectivity index (χ2v) is 7.31. The van der Waals surface area contributed by atoms with Crippen molar-refractivity contribution in [3.05, 3.63) is 72.1 Å². The molecule has 1 fully saturated rings. The lowest BCUT2D eigenvalue weighted by molar-refractivity contribution is 0.253. The highest BCUT2D eigenvalue weighted by molar-refractivity contribution is 5.84. The maximum atomic E-state index is 13.5.